The first-order valence-corrected chi connectivity index (χ1v) is 6.81. The fourth-order valence-electron chi connectivity index (χ4n) is 2.66. The van der Waals surface area contributed by atoms with E-state index in [-0.39, 0.29) is 17.2 Å². The van der Waals surface area contributed by atoms with Crippen molar-refractivity contribution in [2.75, 3.05) is 0 Å². The maximum absolute atomic E-state index is 13.8. The zero-order chi connectivity index (χ0) is 14.7. The van der Waals surface area contributed by atoms with E-state index < -0.39 is 17.7 Å². The van der Waals surface area contributed by atoms with E-state index in [0.717, 1.165) is 31.7 Å². The molecule has 0 saturated heterocycles. The molecule has 1 aromatic rings. The van der Waals surface area contributed by atoms with Gasteiger partial charge in [-0.3, -0.25) is 4.79 Å². The number of rotatable bonds is 3. The fourth-order valence-corrected chi connectivity index (χ4v) is 2.66. The van der Waals surface area contributed by atoms with Crippen molar-refractivity contribution in [1.29, 1.82) is 0 Å². The highest BCUT2D eigenvalue weighted by atomic mass is 19.1. The van der Waals surface area contributed by atoms with Crippen LogP contribution in [0.15, 0.2) is 18.2 Å². The first kappa shape index (κ1) is 14.5. The van der Waals surface area contributed by atoms with Gasteiger partial charge < -0.3 is 10.4 Å². The van der Waals surface area contributed by atoms with Crippen LogP contribution in [0.3, 0.4) is 0 Å². The third kappa shape index (κ3) is 3.35. The summed E-state index contributed by atoms with van der Waals surface area (Å²) in [4.78, 5) is 22.7. The lowest BCUT2D eigenvalue weighted by Crippen LogP contribution is -2.38. The summed E-state index contributed by atoms with van der Waals surface area (Å²) in [6, 6.07) is 3.41. The Bertz CT molecular complexity index is 530. The third-order valence-electron chi connectivity index (χ3n) is 3.73. The van der Waals surface area contributed by atoms with Crippen LogP contribution in [0.25, 0.3) is 0 Å². The molecule has 108 valence electrons. The molecular formula is C15H18FNO3. The molecule has 1 aliphatic carbocycles. The van der Waals surface area contributed by atoms with E-state index in [2.05, 4.69) is 12.2 Å². The molecular weight excluding hydrogens is 261 g/mol. The maximum Gasteiger partial charge on any atom is 0.335 e. The number of amides is 1. The van der Waals surface area contributed by atoms with Gasteiger partial charge in [0.2, 0.25) is 0 Å². The van der Waals surface area contributed by atoms with Crippen LogP contribution in [0.4, 0.5) is 4.39 Å². The molecule has 0 bridgehead atoms. The molecule has 2 unspecified atom stereocenters. The predicted octanol–water partition coefficient (Wildman–Crippen LogP) is 2.83. The fraction of sp³-hybridized carbons (Fsp3) is 0.467. The molecule has 0 radical (unpaired) electrons. The van der Waals surface area contributed by atoms with E-state index in [1.165, 1.54) is 12.1 Å². The topological polar surface area (TPSA) is 66.4 Å². The van der Waals surface area contributed by atoms with Crippen molar-refractivity contribution < 1.29 is 19.1 Å². The largest absolute Gasteiger partial charge is 0.478 e. The van der Waals surface area contributed by atoms with E-state index in [1.807, 2.05) is 0 Å². The van der Waals surface area contributed by atoms with Crippen molar-refractivity contribution in [3.05, 3.63) is 35.1 Å². The number of carbonyl (C=O) groups is 2. The molecule has 2 atom stereocenters. The number of halogens is 1. The normalized spacial score (nSPS) is 22.3. The minimum Gasteiger partial charge on any atom is -0.478 e. The highest BCUT2D eigenvalue weighted by Crippen LogP contribution is 2.24. The third-order valence-corrected chi connectivity index (χ3v) is 3.73. The smallest absolute Gasteiger partial charge is 0.335 e. The van der Waals surface area contributed by atoms with Crippen LogP contribution < -0.4 is 5.32 Å². The van der Waals surface area contributed by atoms with Gasteiger partial charge in [0, 0.05) is 6.04 Å². The summed E-state index contributed by atoms with van der Waals surface area (Å²) >= 11 is 0. The summed E-state index contributed by atoms with van der Waals surface area (Å²) in [5, 5.41) is 11.6. The molecule has 0 aliphatic heterocycles. The average molecular weight is 279 g/mol. The summed E-state index contributed by atoms with van der Waals surface area (Å²) in [5.41, 5.74) is -0.265. The Morgan fingerprint density at radius 2 is 2.10 bits per heavy atom. The van der Waals surface area contributed by atoms with Gasteiger partial charge in [0.25, 0.3) is 5.91 Å². The Morgan fingerprint density at radius 1 is 1.35 bits per heavy atom. The molecule has 0 aromatic heterocycles. The second-order valence-electron chi connectivity index (χ2n) is 5.44. The lowest BCUT2D eigenvalue weighted by molar-refractivity contribution is 0.0695. The van der Waals surface area contributed by atoms with E-state index in [1.54, 1.807) is 0 Å². The van der Waals surface area contributed by atoms with Gasteiger partial charge in [-0.1, -0.05) is 19.8 Å². The summed E-state index contributed by atoms with van der Waals surface area (Å²) in [6.45, 7) is 2.14. The SMILES string of the molecule is CC1CCCC(NC(=O)c2ccc(C(=O)O)cc2F)C1. The highest BCUT2D eigenvalue weighted by Gasteiger charge is 2.22. The second kappa shape index (κ2) is 6.03. The average Bonchev–Trinajstić information content (AvgIpc) is 2.38. The number of hydrogen-bond acceptors (Lipinski definition) is 2. The van der Waals surface area contributed by atoms with Gasteiger partial charge in [0.1, 0.15) is 5.82 Å². The molecule has 5 heteroatoms. The van der Waals surface area contributed by atoms with Crippen LogP contribution in [0.1, 0.15) is 53.3 Å². The van der Waals surface area contributed by atoms with Gasteiger partial charge in [0.15, 0.2) is 0 Å². The lowest BCUT2D eigenvalue weighted by atomic mass is 9.87. The number of aromatic carboxylic acids is 1. The van der Waals surface area contributed by atoms with Crippen molar-refractivity contribution in [2.45, 2.75) is 38.6 Å². The van der Waals surface area contributed by atoms with Crippen LogP contribution in [0, 0.1) is 11.7 Å². The van der Waals surface area contributed by atoms with Crippen molar-refractivity contribution in [1.82, 2.24) is 5.32 Å². The van der Waals surface area contributed by atoms with Gasteiger partial charge in [-0.05, 0) is 37.0 Å². The minimum atomic E-state index is -1.21. The lowest BCUT2D eigenvalue weighted by Gasteiger charge is -2.27. The zero-order valence-electron chi connectivity index (χ0n) is 11.4. The number of carboxylic acid groups (broad SMARTS) is 1. The molecule has 1 saturated carbocycles. The van der Waals surface area contributed by atoms with Gasteiger partial charge in [-0.2, -0.15) is 0 Å². The standard InChI is InChI=1S/C15H18FNO3/c1-9-3-2-4-11(7-9)17-14(18)12-6-5-10(15(19)20)8-13(12)16/h5-6,8-9,11H,2-4,7H2,1H3,(H,17,18)(H,19,20). The van der Waals surface area contributed by atoms with Crippen LogP contribution in [0.2, 0.25) is 0 Å². The number of benzene rings is 1. The monoisotopic (exact) mass is 279 g/mol. The van der Waals surface area contributed by atoms with Gasteiger partial charge in [-0.15, -0.1) is 0 Å². The molecule has 1 aromatic carbocycles. The Morgan fingerprint density at radius 3 is 2.70 bits per heavy atom. The molecule has 4 nitrogen and oxygen atoms in total. The zero-order valence-corrected chi connectivity index (χ0v) is 11.4. The maximum atomic E-state index is 13.8. The predicted molar refractivity (Wildman–Crippen MR) is 72.2 cm³/mol. The molecule has 0 heterocycles. The number of nitrogens with one attached hydrogen (secondary N) is 1. The van der Waals surface area contributed by atoms with Crippen molar-refractivity contribution in [3.63, 3.8) is 0 Å². The molecule has 0 spiro atoms. The second-order valence-corrected chi connectivity index (χ2v) is 5.44. The quantitative estimate of drug-likeness (QED) is 0.894. The van der Waals surface area contributed by atoms with E-state index in [9.17, 15) is 14.0 Å². The summed E-state index contributed by atoms with van der Waals surface area (Å²) in [6.07, 6.45) is 4.03. The van der Waals surface area contributed by atoms with Gasteiger partial charge in [-0.25, -0.2) is 9.18 Å². The first-order chi connectivity index (χ1) is 9.47. The Hall–Kier alpha value is -1.91. The van der Waals surface area contributed by atoms with Gasteiger partial charge >= 0.3 is 5.97 Å². The summed E-state index contributed by atoms with van der Waals surface area (Å²) < 4.78 is 13.8. The molecule has 1 amide bonds. The molecule has 1 aliphatic rings. The summed E-state index contributed by atoms with van der Waals surface area (Å²) in [5.74, 6) is -1.92. The molecule has 1 fully saturated rings. The Kier molecular flexibility index (Phi) is 4.37. The van der Waals surface area contributed by atoms with Crippen molar-refractivity contribution >= 4 is 11.9 Å². The van der Waals surface area contributed by atoms with Crippen LogP contribution in [-0.4, -0.2) is 23.0 Å². The van der Waals surface area contributed by atoms with Crippen LogP contribution in [-0.2, 0) is 0 Å². The Balaban J connectivity index is 2.07. The number of carbonyl (C=O) groups excluding carboxylic acids is 1. The van der Waals surface area contributed by atoms with E-state index >= 15 is 0 Å². The van der Waals surface area contributed by atoms with Gasteiger partial charge in [0.05, 0.1) is 11.1 Å². The molecule has 2 N–H and O–H groups in total. The molecule has 20 heavy (non-hydrogen) atoms. The number of hydrogen-bond donors (Lipinski definition) is 2. The van der Waals surface area contributed by atoms with E-state index in [0.29, 0.717) is 5.92 Å². The highest BCUT2D eigenvalue weighted by molar-refractivity contribution is 5.96. The number of carboxylic acids is 1. The van der Waals surface area contributed by atoms with Crippen LogP contribution in [0.5, 0.6) is 0 Å². The minimum absolute atomic E-state index is 0.0739. The van der Waals surface area contributed by atoms with E-state index in [4.69, 9.17) is 5.11 Å². The van der Waals surface area contributed by atoms with Crippen molar-refractivity contribution in [2.24, 2.45) is 5.92 Å². The molecule has 2 rings (SSSR count). The Labute approximate surface area is 117 Å². The summed E-state index contributed by atoms with van der Waals surface area (Å²) in [7, 11) is 0. The van der Waals surface area contributed by atoms with Crippen LogP contribution >= 0.6 is 0 Å². The van der Waals surface area contributed by atoms with Crippen molar-refractivity contribution in [3.8, 4) is 0 Å². The first-order valence-electron chi connectivity index (χ1n) is 6.81.